The van der Waals surface area contributed by atoms with Crippen LogP contribution in [0.1, 0.15) is 211 Å². The molecule has 3 unspecified atom stereocenters. The maximum atomic E-state index is 6.15. The van der Waals surface area contributed by atoms with Gasteiger partial charge in [0.15, 0.2) is 0 Å². The van der Waals surface area contributed by atoms with Crippen LogP contribution in [0.5, 0.6) is 17.2 Å². The van der Waals surface area contributed by atoms with Gasteiger partial charge in [-0.25, -0.2) is 0 Å². The van der Waals surface area contributed by atoms with Crippen LogP contribution in [0.25, 0.3) is 0 Å². The van der Waals surface area contributed by atoms with E-state index in [4.69, 9.17) is 14.2 Å². The van der Waals surface area contributed by atoms with Crippen molar-refractivity contribution in [2.24, 2.45) is 0 Å². The molecule has 8 heteroatoms. The molecular weight excluding hydrogens is 860 g/mol. The highest BCUT2D eigenvalue weighted by Gasteiger charge is 2.14. The van der Waals surface area contributed by atoms with Gasteiger partial charge in [0.1, 0.15) is 17.2 Å². The number of halogens is 2. The molecule has 3 rings (SSSR count). The van der Waals surface area contributed by atoms with Crippen molar-refractivity contribution in [3.05, 3.63) is 69.8 Å². The van der Waals surface area contributed by atoms with Crippen molar-refractivity contribution in [1.82, 2.24) is 0 Å². The molecule has 3 aromatic carbocycles. The molecule has 3 atom stereocenters. The summed E-state index contributed by atoms with van der Waals surface area (Å²) < 4.78 is 18.4. The fourth-order valence-corrected chi connectivity index (χ4v) is 8.38. The van der Waals surface area contributed by atoms with Crippen molar-refractivity contribution in [3.63, 3.8) is 0 Å². The van der Waals surface area contributed by atoms with E-state index < -0.39 is 0 Å². The van der Waals surface area contributed by atoms with Gasteiger partial charge in [-0.3, -0.25) is 0 Å². The highest BCUT2D eigenvalue weighted by atomic mass is 35.5. The summed E-state index contributed by atoms with van der Waals surface area (Å²) >= 11 is 0. The first-order valence-electron chi connectivity index (χ1n) is 24.8. The zero-order valence-corrected chi connectivity index (χ0v) is 46.4. The third-order valence-corrected chi connectivity index (χ3v) is 11.8. The Bertz CT molecular complexity index is 1270. The van der Waals surface area contributed by atoms with Crippen LogP contribution in [0.4, 0.5) is 0 Å². The van der Waals surface area contributed by atoms with E-state index in [1.54, 1.807) is 0 Å². The van der Waals surface area contributed by atoms with E-state index in [1.807, 2.05) is 0 Å². The molecule has 0 amide bonds. The number of rotatable bonds is 30. The lowest BCUT2D eigenvalue weighted by Gasteiger charge is -2.17. The Hall–Kier alpha value is -1.07. The van der Waals surface area contributed by atoms with Gasteiger partial charge in [-0.05, 0) is 182 Å². The average Bonchev–Trinajstić information content (AvgIpc) is 3.24. The fraction of sp³-hybridized carbons (Fsp3) is 0.667. The Morgan fingerprint density at radius 1 is 0.290 bits per heavy atom. The Labute approximate surface area is 403 Å². The summed E-state index contributed by atoms with van der Waals surface area (Å²) in [6.45, 7) is 22.7. The molecular formula is C54H95Cl2O3P3. The zero-order valence-electron chi connectivity index (χ0n) is 41.3. The van der Waals surface area contributed by atoms with Crippen molar-refractivity contribution in [2.45, 2.75) is 216 Å². The predicted molar refractivity (Wildman–Crippen MR) is 295 cm³/mol. The van der Waals surface area contributed by atoms with Crippen LogP contribution < -0.4 is 30.1 Å². The van der Waals surface area contributed by atoms with Crippen LogP contribution in [-0.4, -0.2) is 19.8 Å². The van der Waals surface area contributed by atoms with Crippen LogP contribution in [0.3, 0.4) is 0 Å². The second-order valence-corrected chi connectivity index (χ2v) is 18.7. The van der Waals surface area contributed by atoms with E-state index in [-0.39, 0.29) is 24.8 Å². The van der Waals surface area contributed by atoms with Crippen molar-refractivity contribution >= 4 is 68.4 Å². The van der Waals surface area contributed by atoms with E-state index in [2.05, 4.69) is 126 Å². The maximum Gasteiger partial charge on any atom is 0.125 e. The molecule has 0 aromatic heterocycles. The molecule has 0 heterocycles. The Morgan fingerprint density at radius 3 is 0.597 bits per heavy atom. The number of aryl methyl sites for hydroxylation is 6. The molecule has 0 bridgehead atoms. The highest BCUT2D eigenvalue weighted by molar-refractivity contribution is 7.27. The standard InChI is InChI=1S/3C18H31OP.2ClH/c3*1-4-7-10-15-13-17(20)14-16(11-8-5-2)18(15)19-12-9-6-3;;/h3*13-14H,4-12,20H2,1-3H3;2*1H. The lowest BCUT2D eigenvalue weighted by Crippen LogP contribution is -2.07. The van der Waals surface area contributed by atoms with Crippen LogP contribution in [-0.2, 0) is 38.5 Å². The van der Waals surface area contributed by atoms with Crippen LogP contribution in [0.2, 0.25) is 0 Å². The van der Waals surface area contributed by atoms with E-state index in [9.17, 15) is 0 Å². The third kappa shape index (κ3) is 26.8. The predicted octanol–water partition coefficient (Wildman–Crippen LogP) is 16.0. The summed E-state index contributed by atoms with van der Waals surface area (Å²) in [7, 11) is 8.56. The topological polar surface area (TPSA) is 27.7 Å². The lowest BCUT2D eigenvalue weighted by atomic mass is 10.00. The molecule has 0 aliphatic heterocycles. The average molecular weight is 956 g/mol. The largest absolute Gasteiger partial charge is 0.493 e. The number of ether oxygens (including phenoxy) is 3. The van der Waals surface area contributed by atoms with Gasteiger partial charge < -0.3 is 14.2 Å². The van der Waals surface area contributed by atoms with Crippen molar-refractivity contribution in [2.75, 3.05) is 19.8 Å². The van der Waals surface area contributed by atoms with Crippen LogP contribution in [0, 0.1) is 0 Å². The first-order valence-corrected chi connectivity index (χ1v) is 26.5. The summed E-state index contributed by atoms with van der Waals surface area (Å²) in [6.07, 6.45) is 28.7. The van der Waals surface area contributed by atoms with E-state index >= 15 is 0 Å². The molecule has 3 nitrogen and oxygen atoms in total. The zero-order chi connectivity index (χ0) is 44.4. The third-order valence-electron chi connectivity index (χ3n) is 10.8. The molecule has 0 fully saturated rings. The molecule has 62 heavy (non-hydrogen) atoms. The van der Waals surface area contributed by atoms with E-state index in [0.717, 1.165) is 77.6 Å². The quantitative estimate of drug-likeness (QED) is 0.0492. The van der Waals surface area contributed by atoms with Crippen molar-refractivity contribution < 1.29 is 14.2 Å². The van der Waals surface area contributed by atoms with E-state index in [1.165, 1.54) is 163 Å². The minimum Gasteiger partial charge on any atom is -0.493 e. The van der Waals surface area contributed by atoms with Gasteiger partial charge in [0.05, 0.1) is 19.8 Å². The van der Waals surface area contributed by atoms with Gasteiger partial charge in [-0.2, -0.15) is 0 Å². The monoisotopic (exact) mass is 955 g/mol. The molecule has 0 N–H and O–H groups in total. The first-order chi connectivity index (χ1) is 29.2. The second-order valence-electron chi connectivity index (χ2n) is 16.7. The molecule has 0 saturated carbocycles. The number of hydrogen-bond donors (Lipinski definition) is 0. The minimum atomic E-state index is 0. The van der Waals surface area contributed by atoms with Gasteiger partial charge in [-0.1, -0.05) is 120 Å². The number of benzene rings is 3. The van der Waals surface area contributed by atoms with Gasteiger partial charge in [0.2, 0.25) is 0 Å². The molecule has 3 aromatic rings. The van der Waals surface area contributed by atoms with Crippen molar-refractivity contribution in [1.29, 1.82) is 0 Å². The van der Waals surface area contributed by atoms with Gasteiger partial charge >= 0.3 is 0 Å². The molecule has 0 spiro atoms. The second kappa shape index (κ2) is 41.4. The Balaban J connectivity index is 0. The molecule has 0 aliphatic rings. The minimum absolute atomic E-state index is 0. The summed E-state index contributed by atoms with van der Waals surface area (Å²) in [6, 6.07) is 13.7. The Morgan fingerprint density at radius 2 is 0.452 bits per heavy atom. The molecule has 0 aliphatic carbocycles. The van der Waals surface area contributed by atoms with E-state index in [0.29, 0.717) is 0 Å². The lowest BCUT2D eigenvalue weighted by molar-refractivity contribution is 0.302. The van der Waals surface area contributed by atoms with Gasteiger partial charge in [-0.15, -0.1) is 52.5 Å². The van der Waals surface area contributed by atoms with Crippen LogP contribution in [0.15, 0.2) is 36.4 Å². The molecule has 358 valence electrons. The number of hydrogen-bond acceptors (Lipinski definition) is 3. The van der Waals surface area contributed by atoms with Crippen molar-refractivity contribution in [3.8, 4) is 17.2 Å². The van der Waals surface area contributed by atoms with Gasteiger partial charge in [0, 0.05) is 0 Å². The maximum absolute atomic E-state index is 6.15. The summed E-state index contributed by atoms with van der Waals surface area (Å²) in [5, 5.41) is 3.89. The molecule has 0 radical (unpaired) electrons. The summed E-state index contributed by atoms with van der Waals surface area (Å²) in [5.74, 6) is 3.56. The molecule has 0 saturated heterocycles. The smallest absolute Gasteiger partial charge is 0.125 e. The SMILES string of the molecule is CCCCOc1c(CCCC)cc(P)cc1CCCC.CCCCOc1c(CCCC)cc(P)cc1CCCC.CCCCOc1c(CCCC)cc(P)cc1CCCC.Cl.Cl. The van der Waals surface area contributed by atoms with Crippen LogP contribution >= 0.6 is 52.5 Å². The summed E-state index contributed by atoms with van der Waals surface area (Å²) in [4.78, 5) is 0. The highest BCUT2D eigenvalue weighted by Crippen LogP contribution is 2.30. The summed E-state index contributed by atoms with van der Waals surface area (Å²) in [5.41, 5.74) is 8.43. The normalized spacial score (nSPS) is 10.5. The fourth-order valence-electron chi connectivity index (χ4n) is 7.17. The number of unbranched alkanes of at least 4 members (excludes halogenated alkanes) is 9. The first kappa shape index (κ1) is 63.0. The van der Waals surface area contributed by atoms with Gasteiger partial charge in [0.25, 0.3) is 0 Å². The Kier molecular flexibility index (Phi) is 42.0.